The van der Waals surface area contributed by atoms with E-state index in [-0.39, 0.29) is 17.7 Å². The average molecular weight is 451 g/mol. The molecule has 1 aliphatic carbocycles. The molecule has 1 saturated carbocycles. The van der Waals surface area contributed by atoms with Crippen LogP contribution >= 0.6 is 11.8 Å². The summed E-state index contributed by atoms with van der Waals surface area (Å²) in [7, 11) is 0. The van der Waals surface area contributed by atoms with Gasteiger partial charge in [0.15, 0.2) is 0 Å². The second-order valence-corrected chi connectivity index (χ2v) is 9.34. The van der Waals surface area contributed by atoms with Gasteiger partial charge in [0.25, 0.3) is 11.1 Å². The van der Waals surface area contributed by atoms with Gasteiger partial charge in [0.05, 0.1) is 17.7 Å². The predicted molar refractivity (Wildman–Crippen MR) is 121 cm³/mol. The van der Waals surface area contributed by atoms with Crippen LogP contribution < -0.4 is 0 Å². The summed E-state index contributed by atoms with van der Waals surface area (Å²) in [5.41, 5.74) is 3.08. The van der Waals surface area contributed by atoms with Crippen molar-refractivity contribution in [1.82, 2.24) is 15.2 Å². The molecule has 0 saturated heterocycles. The van der Waals surface area contributed by atoms with Crippen LogP contribution in [0.15, 0.2) is 61.8 Å². The Morgan fingerprint density at radius 3 is 2.69 bits per heavy atom. The number of nitrogens with zero attached hydrogens (tertiary/aromatic N) is 4. The standard InChI is InChI=1S/C24H26N4O3S/c1-16-9-11-17(12-10-16)19-14-20(21-8-5-13-30-21)28(27-19)22(29)15-32-24-26-25-23(31-24)18-6-3-2-4-7-18/h5,8-13,18,20H,2-4,6-7,14-15H2,1H3. The lowest BCUT2D eigenvalue weighted by Gasteiger charge is -2.19. The van der Waals surface area contributed by atoms with E-state index >= 15 is 0 Å². The van der Waals surface area contributed by atoms with Crippen molar-refractivity contribution in [3.8, 4) is 0 Å². The molecule has 7 nitrogen and oxygen atoms in total. The topological polar surface area (TPSA) is 84.7 Å². The zero-order valence-electron chi connectivity index (χ0n) is 18.1. The molecule has 1 atom stereocenters. The van der Waals surface area contributed by atoms with Gasteiger partial charge in [0, 0.05) is 12.3 Å². The predicted octanol–water partition coefficient (Wildman–Crippen LogP) is 5.49. The maximum absolute atomic E-state index is 13.1. The van der Waals surface area contributed by atoms with Crippen LogP contribution in [0.2, 0.25) is 0 Å². The molecule has 5 rings (SSSR count). The largest absolute Gasteiger partial charge is 0.467 e. The summed E-state index contributed by atoms with van der Waals surface area (Å²) >= 11 is 1.27. The fraction of sp³-hybridized carbons (Fsp3) is 0.417. The molecule has 1 fully saturated rings. The van der Waals surface area contributed by atoms with Crippen molar-refractivity contribution in [1.29, 1.82) is 0 Å². The highest BCUT2D eigenvalue weighted by atomic mass is 32.2. The first-order chi connectivity index (χ1) is 15.7. The van der Waals surface area contributed by atoms with E-state index in [1.165, 1.54) is 36.6 Å². The Kier molecular flexibility index (Phi) is 6.12. The summed E-state index contributed by atoms with van der Waals surface area (Å²) in [6.07, 6.45) is 8.12. The fourth-order valence-electron chi connectivity index (χ4n) is 4.35. The summed E-state index contributed by atoms with van der Waals surface area (Å²) in [5.74, 6) is 1.84. The lowest BCUT2D eigenvalue weighted by Crippen LogP contribution is -2.28. The van der Waals surface area contributed by atoms with Gasteiger partial charge in [-0.05, 0) is 37.5 Å². The summed E-state index contributed by atoms with van der Waals surface area (Å²) in [4.78, 5) is 13.1. The molecule has 1 amide bonds. The van der Waals surface area contributed by atoms with Crippen molar-refractivity contribution < 1.29 is 13.6 Å². The Morgan fingerprint density at radius 1 is 1.12 bits per heavy atom. The van der Waals surface area contributed by atoms with E-state index in [0.717, 1.165) is 29.9 Å². The quantitative estimate of drug-likeness (QED) is 0.462. The molecule has 0 bridgehead atoms. The van der Waals surface area contributed by atoms with Crippen LogP contribution in [-0.2, 0) is 4.79 Å². The van der Waals surface area contributed by atoms with Gasteiger partial charge in [0.1, 0.15) is 11.8 Å². The number of hydrogen-bond acceptors (Lipinski definition) is 7. The summed E-state index contributed by atoms with van der Waals surface area (Å²) in [6.45, 7) is 2.05. The maximum atomic E-state index is 13.1. The summed E-state index contributed by atoms with van der Waals surface area (Å²) in [5, 5.41) is 15.0. The van der Waals surface area contributed by atoms with E-state index in [2.05, 4.69) is 34.4 Å². The van der Waals surface area contributed by atoms with Gasteiger partial charge in [0.2, 0.25) is 5.89 Å². The number of benzene rings is 1. The first kappa shape index (κ1) is 21.0. The zero-order chi connectivity index (χ0) is 21.9. The van der Waals surface area contributed by atoms with E-state index in [1.807, 2.05) is 24.3 Å². The smallest absolute Gasteiger partial charge is 0.277 e. The highest BCUT2D eigenvalue weighted by Gasteiger charge is 2.35. The number of carbonyl (C=O) groups is 1. The normalized spacial score (nSPS) is 19.3. The van der Waals surface area contributed by atoms with Crippen molar-refractivity contribution >= 4 is 23.4 Å². The first-order valence-electron chi connectivity index (χ1n) is 11.1. The maximum Gasteiger partial charge on any atom is 0.277 e. The van der Waals surface area contributed by atoms with Gasteiger partial charge in [-0.25, -0.2) is 5.01 Å². The minimum Gasteiger partial charge on any atom is -0.467 e. The second-order valence-electron chi connectivity index (χ2n) is 8.42. The summed E-state index contributed by atoms with van der Waals surface area (Å²) < 4.78 is 11.5. The number of amides is 1. The van der Waals surface area contributed by atoms with Gasteiger partial charge in [-0.15, -0.1) is 10.2 Å². The molecule has 32 heavy (non-hydrogen) atoms. The van der Waals surface area contributed by atoms with Crippen molar-refractivity contribution in [3.63, 3.8) is 0 Å². The number of furan rings is 1. The number of thioether (sulfide) groups is 1. The van der Waals surface area contributed by atoms with Gasteiger partial charge >= 0.3 is 0 Å². The molecule has 0 N–H and O–H groups in total. The van der Waals surface area contributed by atoms with E-state index < -0.39 is 0 Å². The van der Waals surface area contributed by atoms with Crippen LogP contribution in [0.25, 0.3) is 0 Å². The third-order valence-electron chi connectivity index (χ3n) is 6.12. The monoisotopic (exact) mass is 450 g/mol. The molecular weight excluding hydrogens is 424 g/mol. The fourth-order valence-corrected chi connectivity index (χ4v) is 4.97. The summed E-state index contributed by atoms with van der Waals surface area (Å²) in [6, 6.07) is 11.7. The molecule has 8 heteroatoms. The molecule has 0 spiro atoms. The van der Waals surface area contributed by atoms with Crippen molar-refractivity contribution in [3.05, 3.63) is 65.4 Å². The Labute approximate surface area is 191 Å². The Balaban J connectivity index is 1.29. The highest BCUT2D eigenvalue weighted by molar-refractivity contribution is 7.99. The molecule has 1 unspecified atom stereocenters. The van der Waals surface area contributed by atoms with Crippen molar-refractivity contribution in [2.45, 2.75) is 62.6 Å². The Hall–Kier alpha value is -2.87. The minimum absolute atomic E-state index is 0.115. The Bertz CT molecular complexity index is 1080. The molecular formula is C24H26N4O3S. The molecule has 1 aliphatic heterocycles. The van der Waals surface area contributed by atoms with Crippen LogP contribution in [0.4, 0.5) is 0 Å². The van der Waals surface area contributed by atoms with Crippen LogP contribution in [0, 0.1) is 6.92 Å². The number of carbonyl (C=O) groups excluding carboxylic acids is 1. The van der Waals surface area contributed by atoms with Crippen LogP contribution in [0.1, 0.15) is 73.3 Å². The Morgan fingerprint density at radius 2 is 1.94 bits per heavy atom. The van der Waals surface area contributed by atoms with Crippen LogP contribution in [0.3, 0.4) is 0 Å². The van der Waals surface area contributed by atoms with Gasteiger partial charge in [-0.2, -0.15) is 5.10 Å². The first-order valence-corrected chi connectivity index (χ1v) is 12.1. The van der Waals surface area contributed by atoms with Crippen molar-refractivity contribution in [2.75, 3.05) is 5.75 Å². The molecule has 2 aliphatic rings. The third-order valence-corrected chi connectivity index (χ3v) is 6.92. The third kappa shape index (κ3) is 4.50. The van der Waals surface area contributed by atoms with Crippen LogP contribution in [0.5, 0.6) is 0 Å². The molecule has 1 aromatic carbocycles. The molecule has 2 aromatic heterocycles. The molecule has 166 valence electrons. The van der Waals surface area contributed by atoms with E-state index in [9.17, 15) is 4.79 Å². The van der Waals surface area contributed by atoms with Gasteiger partial charge in [-0.1, -0.05) is 60.9 Å². The lowest BCUT2D eigenvalue weighted by atomic mass is 9.89. The zero-order valence-corrected chi connectivity index (χ0v) is 18.9. The highest BCUT2D eigenvalue weighted by Crippen LogP contribution is 2.35. The number of hydrazone groups is 1. The van der Waals surface area contributed by atoms with E-state index in [0.29, 0.717) is 23.5 Å². The number of aromatic nitrogens is 2. The second kappa shape index (κ2) is 9.32. The SMILES string of the molecule is Cc1ccc(C2=NN(C(=O)CSc3nnc(C4CCCCC4)o3)C(c3ccco3)C2)cc1. The van der Waals surface area contributed by atoms with E-state index in [4.69, 9.17) is 8.83 Å². The van der Waals surface area contributed by atoms with Crippen molar-refractivity contribution in [2.24, 2.45) is 5.10 Å². The minimum atomic E-state index is -0.255. The molecule has 3 heterocycles. The van der Waals surface area contributed by atoms with E-state index in [1.54, 1.807) is 11.3 Å². The number of hydrogen-bond donors (Lipinski definition) is 0. The average Bonchev–Trinajstić information content (AvgIpc) is 3.59. The van der Waals surface area contributed by atoms with Gasteiger partial charge in [-0.3, -0.25) is 4.79 Å². The number of aryl methyl sites for hydroxylation is 1. The van der Waals surface area contributed by atoms with Gasteiger partial charge < -0.3 is 8.83 Å². The number of rotatable bonds is 6. The lowest BCUT2D eigenvalue weighted by molar-refractivity contribution is -0.130. The molecule has 0 radical (unpaired) electrons. The molecule has 3 aromatic rings. The van der Waals surface area contributed by atoms with Crippen LogP contribution in [-0.4, -0.2) is 32.6 Å².